The first-order chi connectivity index (χ1) is 16.3. The molecule has 1 aromatic carbocycles. The van der Waals surface area contributed by atoms with Crippen LogP contribution in [0.25, 0.3) is 0 Å². The molecule has 0 bridgehead atoms. The van der Waals surface area contributed by atoms with Crippen LogP contribution in [0.3, 0.4) is 0 Å². The van der Waals surface area contributed by atoms with Crippen molar-refractivity contribution >= 4 is 51.4 Å². The number of nitrogens with one attached hydrogen (secondary N) is 1. The maximum atomic E-state index is 12.7. The minimum absolute atomic E-state index is 0.00216. The zero-order chi connectivity index (χ0) is 24.4. The maximum Gasteiger partial charge on any atom is 0.352 e. The first-order valence-corrected chi connectivity index (χ1v) is 11.9. The lowest BCUT2D eigenvalue weighted by Gasteiger charge is -2.49. The zero-order valence-corrected chi connectivity index (χ0v) is 20.2. The van der Waals surface area contributed by atoms with Gasteiger partial charge in [-0.2, -0.15) is 0 Å². The normalized spacial score (nSPS) is 19.2. The molecule has 0 spiro atoms. The number of rotatable bonds is 8. The van der Waals surface area contributed by atoms with Crippen molar-refractivity contribution < 1.29 is 38.2 Å². The molecule has 0 unspecified atom stereocenters. The fraction of sp³-hybridized carbons (Fsp3) is 0.273. The molecule has 0 radical (unpaired) electrons. The molecule has 34 heavy (non-hydrogen) atoms. The number of ether oxygens (including phenoxy) is 2. The third-order valence-corrected chi connectivity index (χ3v) is 7.07. The summed E-state index contributed by atoms with van der Waals surface area (Å²) < 4.78 is 16.9. The highest BCUT2D eigenvalue weighted by Crippen LogP contribution is 2.40. The van der Waals surface area contributed by atoms with Gasteiger partial charge in [0.05, 0.1) is 4.47 Å². The van der Waals surface area contributed by atoms with E-state index in [9.17, 15) is 24.3 Å². The van der Waals surface area contributed by atoms with Crippen molar-refractivity contribution in [2.75, 3.05) is 12.4 Å². The summed E-state index contributed by atoms with van der Waals surface area (Å²) in [6.45, 7) is 1.10. The van der Waals surface area contributed by atoms with Crippen molar-refractivity contribution in [1.82, 2.24) is 10.2 Å². The molecule has 10 nitrogen and oxygen atoms in total. The summed E-state index contributed by atoms with van der Waals surface area (Å²) in [4.78, 5) is 49.3. The van der Waals surface area contributed by atoms with E-state index in [4.69, 9.17) is 13.9 Å². The molecule has 2 N–H and O–H groups in total. The summed E-state index contributed by atoms with van der Waals surface area (Å²) in [5.41, 5.74) is 0.104. The third kappa shape index (κ3) is 4.82. The van der Waals surface area contributed by atoms with Crippen LogP contribution < -0.4 is 10.1 Å². The SMILES string of the molecule is CC(=O)OCC1=C(C(=O)O)N2C(=O)[C@H](NC(=O)c3ccc(COc4ccccc4Br)o3)[C@@H]2SC1. The summed E-state index contributed by atoms with van der Waals surface area (Å²) in [5.74, 6) is -1.73. The molecule has 0 saturated carbocycles. The Morgan fingerprint density at radius 3 is 2.71 bits per heavy atom. The van der Waals surface area contributed by atoms with Crippen molar-refractivity contribution in [1.29, 1.82) is 0 Å². The number of carbonyl (C=O) groups excluding carboxylic acids is 3. The van der Waals surface area contributed by atoms with E-state index in [0.717, 1.165) is 9.37 Å². The van der Waals surface area contributed by atoms with Crippen LogP contribution in [-0.2, 0) is 25.7 Å². The maximum absolute atomic E-state index is 12.7. The summed E-state index contributed by atoms with van der Waals surface area (Å²) in [6.07, 6.45) is 0. The van der Waals surface area contributed by atoms with Crippen LogP contribution in [0, 0.1) is 0 Å². The van der Waals surface area contributed by atoms with E-state index in [1.165, 1.54) is 24.8 Å². The van der Waals surface area contributed by atoms with Crippen LogP contribution in [-0.4, -0.2) is 57.5 Å². The van der Waals surface area contributed by atoms with Gasteiger partial charge in [0, 0.05) is 18.2 Å². The average molecular weight is 551 g/mol. The number of hydrogen-bond donors (Lipinski definition) is 2. The van der Waals surface area contributed by atoms with Gasteiger partial charge in [0.15, 0.2) is 5.76 Å². The topological polar surface area (TPSA) is 135 Å². The minimum Gasteiger partial charge on any atom is -0.484 e. The minimum atomic E-state index is -1.30. The predicted octanol–water partition coefficient (Wildman–Crippen LogP) is 2.54. The number of aliphatic carboxylic acids is 1. The van der Waals surface area contributed by atoms with E-state index in [-0.39, 0.29) is 30.4 Å². The molecule has 0 aliphatic carbocycles. The predicted molar refractivity (Wildman–Crippen MR) is 123 cm³/mol. The number of esters is 1. The molecule has 2 aliphatic heterocycles. The highest BCUT2D eigenvalue weighted by Gasteiger charge is 2.54. The molecule has 1 fully saturated rings. The number of carboxylic acid groups (broad SMARTS) is 1. The van der Waals surface area contributed by atoms with E-state index in [1.807, 2.05) is 18.2 Å². The largest absolute Gasteiger partial charge is 0.484 e. The highest BCUT2D eigenvalue weighted by atomic mass is 79.9. The molecule has 178 valence electrons. The van der Waals surface area contributed by atoms with Gasteiger partial charge in [-0.1, -0.05) is 12.1 Å². The second-order valence-corrected chi connectivity index (χ2v) is 9.34. The number of thioether (sulfide) groups is 1. The first-order valence-electron chi connectivity index (χ1n) is 10.1. The lowest BCUT2D eigenvalue weighted by Crippen LogP contribution is -2.70. The number of carbonyl (C=O) groups is 4. The van der Waals surface area contributed by atoms with Gasteiger partial charge in [0.2, 0.25) is 0 Å². The molecule has 1 aromatic heterocycles. The first kappa shape index (κ1) is 23.9. The van der Waals surface area contributed by atoms with Crippen LogP contribution in [0.15, 0.2) is 56.6 Å². The number of β-lactam (4-membered cyclic amide) rings is 1. The number of amides is 2. The third-order valence-electron chi connectivity index (χ3n) is 5.08. The van der Waals surface area contributed by atoms with E-state index in [0.29, 0.717) is 17.1 Å². The molecule has 12 heteroatoms. The van der Waals surface area contributed by atoms with E-state index in [1.54, 1.807) is 12.1 Å². The van der Waals surface area contributed by atoms with Crippen LogP contribution in [0.2, 0.25) is 0 Å². The number of furan rings is 1. The summed E-state index contributed by atoms with van der Waals surface area (Å²) >= 11 is 4.66. The molecule has 2 amide bonds. The standard InChI is InChI=1S/C22H19BrN2O8S/c1-11(26)31-8-12-10-34-21-17(20(28)25(21)18(12)22(29)30)24-19(27)16-7-6-13(33-16)9-32-15-5-3-2-4-14(15)23/h2-7,17,21H,8-10H2,1H3,(H,24,27)(H,29,30)/t17-,21-/m0/s1. The average Bonchev–Trinajstić information content (AvgIpc) is 3.28. The zero-order valence-electron chi connectivity index (χ0n) is 17.8. The fourth-order valence-corrected chi connectivity index (χ4v) is 5.21. The molecule has 1 saturated heterocycles. The van der Waals surface area contributed by atoms with E-state index < -0.39 is 35.2 Å². The Labute approximate surface area is 206 Å². The Morgan fingerprint density at radius 1 is 1.24 bits per heavy atom. The molecule has 2 aliphatic rings. The number of hydrogen-bond acceptors (Lipinski definition) is 8. The molecular formula is C22H19BrN2O8S. The van der Waals surface area contributed by atoms with Crippen LogP contribution >= 0.6 is 27.7 Å². The Hall–Kier alpha value is -3.25. The summed E-state index contributed by atoms with van der Waals surface area (Å²) in [7, 11) is 0. The van der Waals surface area contributed by atoms with Crippen LogP contribution in [0.4, 0.5) is 0 Å². The Balaban J connectivity index is 1.39. The van der Waals surface area contributed by atoms with E-state index in [2.05, 4.69) is 21.2 Å². The number of carboxylic acids is 1. The second-order valence-electron chi connectivity index (χ2n) is 7.38. The molecular weight excluding hydrogens is 532 g/mol. The second kappa shape index (κ2) is 9.94. The van der Waals surface area contributed by atoms with Gasteiger partial charge in [-0.25, -0.2) is 4.79 Å². The molecule has 4 rings (SSSR count). The number of halogens is 1. The summed E-state index contributed by atoms with van der Waals surface area (Å²) in [6, 6.07) is 9.47. The number of benzene rings is 1. The molecule has 2 aromatic rings. The van der Waals surface area contributed by atoms with Crippen molar-refractivity contribution in [3.8, 4) is 5.75 Å². The van der Waals surface area contributed by atoms with Crippen molar-refractivity contribution in [2.24, 2.45) is 0 Å². The highest BCUT2D eigenvalue weighted by molar-refractivity contribution is 9.10. The van der Waals surface area contributed by atoms with Crippen molar-refractivity contribution in [3.05, 3.63) is 63.7 Å². The van der Waals surface area contributed by atoms with Gasteiger partial charge >= 0.3 is 11.9 Å². The Bertz CT molecular complexity index is 1190. The van der Waals surface area contributed by atoms with Gasteiger partial charge < -0.3 is 24.3 Å². The molecule has 2 atom stereocenters. The monoisotopic (exact) mass is 550 g/mol. The Morgan fingerprint density at radius 2 is 2.00 bits per heavy atom. The van der Waals surface area contributed by atoms with Gasteiger partial charge in [-0.15, -0.1) is 11.8 Å². The van der Waals surface area contributed by atoms with Crippen LogP contribution in [0.1, 0.15) is 23.2 Å². The number of fused-ring (bicyclic) bond motifs is 1. The van der Waals surface area contributed by atoms with E-state index >= 15 is 0 Å². The van der Waals surface area contributed by atoms with Gasteiger partial charge in [0.1, 0.15) is 41.8 Å². The van der Waals surface area contributed by atoms with Gasteiger partial charge in [0.25, 0.3) is 11.8 Å². The van der Waals surface area contributed by atoms with Crippen LogP contribution in [0.5, 0.6) is 5.75 Å². The van der Waals surface area contributed by atoms with Crippen molar-refractivity contribution in [2.45, 2.75) is 24.9 Å². The number of para-hydroxylation sites is 1. The smallest absolute Gasteiger partial charge is 0.352 e. The lowest BCUT2D eigenvalue weighted by atomic mass is 10.0. The quantitative estimate of drug-likeness (QED) is 0.375. The van der Waals surface area contributed by atoms with Gasteiger partial charge in [-0.3, -0.25) is 19.3 Å². The Kier molecular flexibility index (Phi) is 6.98. The fourth-order valence-electron chi connectivity index (χ4n) is 3.48. The van der Waals surface area contributed by atoms with Gasteiger partial charge in [-0.05, 0) is 40.2 Å². The number of nitrogens with zero attached hydrogens (tertiary/aromatic N) is 1. The summed E-state index contributed by atoms with van der Waals surface area (Å²) in [5, 5.41) is 11.6. The molecule has 3 heterocycles. The lowest BCUT2D eigenvalue weighted by molar-refractivity contribution is -0.149. The van der Waals surface area contributed by atoms with Crippen molar-refractivity contribution in [3.63, 3.8) is 0 Å².